The van der Waals surface area contributed by atoms with Gasteiger partial charge in [0.1, 0.15) is 0 Å². The van der Waals surface area contributed by atoms with Crippen molar-refractivity contribution in [1.82, 2.24) is 0 Å². The van der Waals surface area contributed by atoms with E-state index in [0.29, 0.717) is 0 Å². The minimum Gasteiger partial charge on any atom is -0.171 e. The van der Waals surface area contributed by atoms with Gasteiger partial charge in [0.25, 0.3) is 0 Å². The number of halogens is 6. The molecule has 17 heavy (non-hydrogen) atoms. The van der Waals surface area contributed by atoms with Crippen LogP contribution < -0.4 is 0 Å². The zero-order valence-corrected chi connectivity index (χ0v) is 9.96. The van der Waals surface area contributed by atoms with E-state index in [1.807, 2.05) is 0 Å². The Hall–Kier alpha value is -0.420. The fourth-order valence-corrected chi connectivity index (χ4v) is 1.72. The van der Waals surface area contributed by atoms with Crippen LogP contribution in [-0.2, 0) is 0 Å². The van der Waals surface area contributed by atoms with Crippen molar-refractivity contribution in [3.63, 3.8) is 0 Å². The molecule has 0 nitrogen and oxygen atoms in total. The van der Waals surface area contributed by atoms with Gasteiger partial charge in [-0.15, -0.1) is 0 Å². The average molecular weight is 264 g/mol. The highest BCUT2D eigenvalue weighted by Crippen LogP contribution is 2.31. The summed E-state index contributed by atoms with van der Waals surface area (Å²) in [6.45, 7) is 3.49. The highest BCUT2D eigenvalue weighted by molar-refractivity contribution is 4.67. The summed E-state index contributed by atoms with van der Waals surface area (Å²) in [5, 5.41) is 0. The topological polar surface area (TPSA) is 0 Å². The molecule has 0 aromatic carbocycles. The van der Waals surface area contributed by atoms with Crippen LogP contribution in [0.4, 0.5) is 26.3 Å². The van der Waals surface area contributed by atoms with Gasteiger partial charge in [-0.05, 0) is 31.1 Å². The summed E-state index contributed by atoms with van der Waals surface area (Å²) < 4.78 is 71.7. The Balaban J connectivity index is 4.00. The van der Waals surface area contributed by atoms with Crippen LogP contribution in [0.15, 0.2) is 0 Å². The Morgan fingerprint density at radius 2 is 1.24 bits per heavy atom. The predicted molar refractivity (Wildman–Crippen MR) is 53.5 cm³/mol. The number of alkyl halides is 6. The second-order valence-electron chi connectivity index (χ2n) is 4.67. The van der Waals surface area contributed by atoms with Crippen LogP contribution >= 0.6 is 0 Å². The normalized spacial score (nSPS) is 15.4. The van der Waals surface area contributed by atoms with Gasteiger partial charge in [-0.25, -0.2) is 0 Å². The van der Waals surface area contributed by atoms with E-state index in [2.05, 4.69) is 0 Å². The molecule has 0 spiro atoms. The third kappa shape index (κ3) is 10.5. The molecule has 0 aromatic rings. The van der Waals surface area contributed by atoms with Gasteiger partial charge in [-0.1, -0.05) is 13.8 Å². The Morgan fingerprint density at radius 1 is 0.765 bits per heavy atom. The molecule has 0 amide bonds. The fourth-order valence-electron chi connectivity index (χ4n) is 1.72. The molecule has 0 aromatic heterocycles. The maximum atomic E-state index is 12.0. The number of rotatable bonds is 6. The first-order valence-electron chi connectivity index (χ1n) is 5.65. The van der Waals surface area contributed by atoms with E-state index in [0.717, 1.165) is 0 Å². The van der Waals surface area contributed by atoms with Crippen molar-refractivity contribution in [3.8, 4) is 0 Å². The first-order valence-corrected chi connectivity index (χ1v) is 5.65. The van der Waals surface area contributed by atoms with Gasteiger partial charge in [0.15, 0.2) is 0 Å². The van der Waals surface area contributed by atoms with E-state index >= 15 is 0 Å². The van der Waals surface area contributed by atoms with Crippen LogP contribution in [0.25, 0.3) is 0 Å². The molecule has 1 unspecified atom stereocenters. The molecule has 0 heterocycles. The van der Waals surface area contributed by atoms with Gasteiger partial charge in [-0.3, -0.25) is 0 Å². The van der Waals surface area contributed by atoms with Gasteiger partial charge >= 0.3 is 12.4 Å². The molecule has 0 N–H and O–H groups in total. The molecule has 0 saturated heterocycles. The van der Waals surface area contributed by atoms with Gasteiger partial charge in [0, 0.05) is 12.8 Å². The van der Waals surface area contributed by atoms with Crippen LogP contribution in [0.2, 0.25) is 0 Å². The lowest BCUT2D eigenvalue weighted by atomic mass is 9.86. The van der Waals surface area contributed by atoms with E-state index in [-0.39, 0.29) is 31.1 Å². The van der Waals surface area contributed by atoms with Crippen molar-refractivity contribution in [2.45, 2.75) is 58.3 Å². The van der Waals surface area contributed by atoms with Crippen LogP contribution in [0.3, 0.4) is 0 Å². The molecule has 0 aliphatic heterocycles. The van der Waals surface area contributed by atoms with Crippen LogP contribution in [0.5, 0.6) is 0 Å². The lowest BCUT2D eigenvalue weighted by molar-refractivity contribution is -0.141. The average Bonchev–Trinajstić information content (AvgIpc) is 2.06. The molecule has 0 aliphatic rings. The Morgan fingerprint density at radius 3 is 1.59 bits per heavy atom. The van der Waals surface area contributed by atoms with Crippen molar-refractivity contribution in [3.05, 3.63) is 0 Å². The monoisotopic (exact) mass is 264 g/mol. The van der Waals surface area contributed by atoms with Gasteiger partial charge in [0.05, 0.1) is 0 Å². The van der Waals surface area contributed by atoms with Crippen molar-refractivity contribution in [2.75, 3.05) is 0 Å². The highest BCUT2D eigenvalue weighted by atomic mass is 19.4. The van der Waals surface area contributed by atoms with Crippen LogP contribution in [0.1, 0.15) is 46.0 Å². The van der Waals surface area contributed by atoms with Crippen molar-refractivity contribution < 1.29 is 26.3 Å². The summed E-state index contributed by atoms with van der Waals surface area (Å²) in [4.78, 5) is 0. The van der Waals surface area contributed by atoms with Gasteiger partial charge in [-0.2, -0.15) is 26.3 Å². The third-order valence-electron chi connectivity index (χ3n) is 2.78. The summed E-state index contributed by atoms with van der Waals surface area (Å²) in [6.07, 6.45) is -10.2. The zero-order chi connectivity index (χ0) is 13.7. The lowest BCUT2D eigenvalue weighted by Gasteiger charge is -2.21. The summed E-state index contributed by atoms with van der Waals surface area (Å²) >= 11 is 0. The van der Waals surface area contributed by atoms with Crippen molar-refractivity contribution in [1.29, 1.82) is 0 Å². The van der Waals surface area contributed by atoms with E-state index in [1.54, 1.807) is 13.8 Å². The fraction of sp³-hybridized carbons (Fsp3) is 1.00. The maximum Gasteiger partial charge on any atom is 0.389 e. The quantitative estimate of drug-likeness (QED) is 0.568. The SMILES string of the molecule is CC(C)C(CCCC(F)(F)F)CCC(F)(F)F. The van der Waals surface area contributed by atoms with Crippen molar-refractivity contribution >= 4 is 0 Å². The molecule has 0 fully saturated rings. The molecular weight excluding hydrogens is 246 g/mol. The molecular formula is C11H18F6. The summed E-state index contributed by atoms with van der Waals surface area (Å²) in [5.41, 5.74) is 0. The molecule has 104 valence electrons. The Bertz CT molecular complexity index is 203. The van der Waals surface area contributed by atoms with E-state index in [4.69, 9.17) is 0 Å². The van der Waals surface area contributed by atoms with Crippen LogP contribution in [0, 0.1) is 11.8 Å². The summed E-state index contributed by atoms with van der Waals surface area (Å²) in [6, 6.07) is 0. The number of hydrogen-bond donors (Lipinski definition) is 0. The zero-order valence-electron chi connectivity index (χ0n) is 9.96. The first-order chi connectivity index (χ1) is 7.51. The lowest BCUT2D eigenvalue weighted by Crippen LogP contribution is -2.16. The molecule has 0 radical (unpaired) electrons. The third-order valence-corrected chi connectivity index (χ3v) is 2.78. The Labute approximate surface area is 97.4 Å². The van der Waals surface area contributed by atoms with Crippen molar-refractivity contribution in [2.24, 2.45) is 11.8 Å². The molecule has 1 atom stereocenters. The molecule has 0 rings (SSSR count). The standard InChI is InChI=1S/C11H18F6/c1-8(2)9(5-7-11(15,16)17)4-3-6-10(12,13)14/h8-9H,3-7H2,1-2H3. The number of hydrogen-bond acceptors (Lipinski definition) is 0. The summed E-state index contributed by atoms with van der Waals surface area (Å²) in [7, 11) is 0. The smallest absolute Gasteiger partial charge is 0.171 e. The molecule has 0 aliphatic carbocycles. The molecule has 0 saturated carbocycles. The van der Waals surface area contributed by atoms with E-state index in [9.17, 15) is 26.3 Å². The predicted octanol–water partition coefficient (Wildman–Crippen LogP) is 5.33. The molecule has 0 bridgehead atoms. The minimum absolute atomic E-state index is 0.0226. The largest absolute Gasteiger partial charge is 0.389 e. The summed E-state index contributed by atoms with van der Waals surface area (Å²) in [5.74, 6) is -0.315. The Kier molecular flexibility index (Phi) is 6.34. The minimum atomic E-state index is -4.23. The highest BCUT2D eigenvalue weighted by Gasteiger charge is 2.30. The van der Waals surface area contributed by atoms with E-state index in [1.165, 1.54) is 0 Å². The second-order valence-corrected chi connectivity index (χ2v) is 4.67. The van der Waals surface area contributed by atoms with Gasteiger partial charge in [0.2, 0.25) is 0 Å². The first kappa shape index (κ1) is 16.6. The maximum absolute atomic E-state index is 12.0. The molecule has 6 heteroatoms. The van der Waals surface area contributed by atoms with Crippen LogP contribution in [-0.4, -0.2) is 12.4 Å². The van der Waals surface area contributed by atoms with Gasteiger partial charge < -0.3 is 0 Å². The van der Waals surface area contributed by atoms with E-state index < -0.39 is 25.2 Å². The second kappa shape index (κ2) is 6.50.